The van der Waals surface area contributed by atoms with E-state index in [0.717, 1.165) is 16.0 Å². The SMILES string of the molecule is CSc1ccc(-c2cc(C(=O)O)c3c(Cl)ccc(C)c3n2)cc1. The number of carbonyl (C=O) groups is 1. The molecule has 0 fully saturated rings. The highest BCUT2D eigenvalue weighted by Crippen LogP contribution is 2.32. The summed E-state index contributed by atoms with van der Waals surface area (Å²) >= 11 is 7.87. The molecule has 0 spiro atoms. The van der Waals surface area contributed by atoms with E-state index in [1.807, 2.05) is 43.5 Å². The normalized spacial score (nSPS) is 10.9. The molecule has 3 aromatic rings. The summed E-state index contributed by atoms with van der Waals surface area (Å²) in [5.74, 6) is -1.01. The molecule has 0 aliphatic rings. The molecule has 23 heavy (non-hydrogen) atoms. The Kier molecular flexibility index (Phi) is 4.28. The number of hydrogen-bond donors (Lipinski definition) is 1. The Hall–Kier alpha value is -2.04. The summed E-state index contributed by atoms with van der Waals surface area (Å²) in [6.07, 6.45) is 2.01. The average Bonchev–Trinajstić information content (AvgIpc) is 2.57. The number of aromatic nitrogens is 1. The third-order valence-electron chi connectivity index (χ3n) is 3.73. The highest BCUT2D eigenvalue weighted by molar-refractivity contribution is 7.98. The number of halogens is 1. The second-order valence-corrected chi connectivity index (χ2v) is 6.46. The van der Waals surface area contributed by atoms with Crippen LogP contribution in [0.5, 0.6) is 0 Å². The van der Waals surface area contributed by atoms with Crippen molar-refractivity contribution >= 4 is 40.2 Å². The van der Waals surface area contributed by atoms with Crippen LogP contribution in [0.25, 0.3) is 22.2 Å². The van der Waals surface area contributed by atoms with Gasteiger partial charge in [0.2, 0.25) is 0 Å². The van der Waals surface area contributed by atoms with E-state index in [2.05, 4.69) is 4.98 Å². The number of thioether (sulfide) groups is 1. The smallest absolute Gasteiger partial charge is 0.336 e. The van der Waals surface area contributed by atoms with Gasteiger partial charge >= 0.3 is 5.97 Å². The van der Waals surface area contributed by atoms with Gasteiger partial charge in [-0.2, -0.15) is 0 Å². The molecule has 0 bridgehead atoms. The van der Waals surface area contributed by atoms with Crippen molar-refractivity contribution in [1.29, 1.82) is 0 Å². The number of aryl methyl sites for hydroxylation is 1. The number of carboxylic acid groups (broad SMARTS) is 1. The van der Waals surface area contributed by atoms with Gasteiger partial charge in [-0.05, 0) is 43.0 Å². The van der Waals surface area contributed by atoms with E-state index in [0.29, 0.717) is 21.6 Å². The summed E-state index contributed by atoms with van der Waals surface area (Å²) < 4.78 is 0. The van der Waals surface area contributed by atoms with Crippen LogP contribution in [-0.4, -0.2) is 22.3 Å². The van der Waals surface area contributed by atoms with Gasteiger partial charge in [0.15, 0.2) is 0 Å². The zero-order chi connectivity index (χ0) is 16.6. The fraction of sp³-hybridized carbons (Fsp3) is 0.111. The monoisotopic (exact) mass is 343 g/mol. The summed E-state index contributed by atoms with van der Waals surface area (Å²) in [5.41, 5.74) is 3.21. The molecular weight excluding hydrogens is 330 g/mol. The summed E-state index contributed by atoms with van der Waals surface area (Å²) in [6.45, 7) is 1.90. The third kappa shape index (κ3) is 2.92. The number of carboxylic acids is 1. The molecule has 0 unspecified atom stereocenters. The van der Waals surface area contributed by atoms with E-state index in [1.165, 1.54) is 0 Å². The van der Waals surface area contributed by atoms with Gasteiger partial charge in [-0.25, -0.2) is 9.78 Å². The predicted octanol–water partition coefficient (Wildman–Crippen LogP) is 5.28. The molecule has 5 heteroatoms. The molecule has 1 N–H and O–H groups in total. The molecular formula is C18H14ClNO2S. The van der Waals surface area contributed by atoms with Crippen LogP contribution in [-0.2, 0) is 0 Å². The van der Waals surface area contributed by atoms with Crippen LogP contribution in [0.2, 0.25) is 5.02 Å². The quantitative estimate of drug-likeness (QED) is 0.657. The van der Waals surface area contributed by atoms with Crippen molar-refractivity contribution in [3.63, 3.8) is 0 Å². The molecule has 2 aromatic carbocycles. The van der Waals surface area contributed by atoms with E-state index in [-0.39, 0.29) is 5.56 Å². The molecule has 0 aliphatic heterocycles. The van der Waals surface area contributed by atoms with Gasteiger partial charge in [-0.1, -0.05) is 29.8 Å². The molecule has 0 radical (unpaired) electrons. The average molecular weight is 344 g/mol. The molecule has 3 nitrogen and oxygen atoms in total. The van der Waals surface area contributed by atoms with Crippen LogP contribution in [0.3, 0.4) is 0 Å². The summed E-state index contributed by atoms with van der Waals surface area (Å²) in [7, 11) is 0. The second-order valence-electron chi connectivity index (χ2n) is 5.18. The first-order valence-electron chi connectivity index (χ1n) is 6.99. The Bertz CT molecular complexity index is 907. The van der Waals surface area contributed by atoms with Crippen LogP contribution >= 0.6 is 23.4 Å². The second kappa shape index (κ2) is 6.22. The minimum atomic E-state index is -1.01. The van der Waals surface area contributed by atoms with Crippen molar-refractivity contribution in [1.82, 2.24) is 4.98 Å². The highest BCUT2D eigenvalue weighted by atomic mass is 35.5. The number of pyridine rings is 1. The molecule has 0 aliphatic carbocycles. The Balaban J connectivity index is 2.30. The van der Waals surface area contributed by atoms with Crippen molar-refractivity contribution < 1.29 is 9.90 Å². The van der Waals surface area contributed by atoms with Crippen molar-refractivity contribution in [3.8, 4) is 11.3 Å². The van der Waals surface area contributed by atoms with Gasteiger partial charge in [0.05, 0.1) is 21.8 Å². The van der Waals surface area contributed by atoms with Crippen molar-refractivity contribution in [3.05, 3.63) is 58.6 Å². The van der Waals surface area contributed by atoms with Crippen LogP contribution < -0.4 is 0 Å². The zero-order valence-electron chi connectivity index (χ0n) is 12.6. The Labute approximate surface area is 143 Å². The number of aromatic carboxylic acids is 1. The van der Waals surface area contributed by atoms with E-state index < -0.39 is 5.97 Å². The fourth-order valence-corrected chi connectivity index (χ4v) is 3.17. The molecule has 1 heterocycles. The topological polar surface area (TPSA) is 50.2 Å². The molecule has 1 aromatic heterocycles. The third-order valence-corrected chi connectivity index (χ3v) is 4.79. The Morgan fingerprint density at radius 3 is 2.48 bits per heavy atom. The largest absolute Gasteiger partial charge is 0.478 e. The van der Waals surface area contributed by atoms with Gasteiger partial charge in [0, 0.05) is 15.8 Å². The number of fused-ring (bicyclic) bond motifs is 1. The lowest BCUT2D eigenvalue weighted by atomic mass is 10.0. The van der Waals surface area contributed by atoms with Gasteiger partial charge in [-0.15, -0.1) is 11.8 Å². The first-order valence-corrected chi connectivity index (χ1v) is 8.59. The minimum absolute atomic E-state index is 0.174. The fourth-order valence-electron chi connectivity index (χ4n) is 2.51. The van der Waals surface area contributed by atoms with E-state index >= 15 is 0 Å². The Morgan fingerprint density at radius 2 is 1.87 bits per heavy atom. The number of benzene rings is 2. The molecule has 0 atom stereocenters. The summed E-state index contributed by atoms with van der Waals surface area (Å²) in [5, 5.41) is 10.5. The summed E-state index contributed by atoms with van der Waals surface area (Å²) in [4.78, 5) is 17.5. The number of nitrogens with zero attached hydrogens (tertiary/aromatic N) is 1. The predicted molar refractivity (Wildman–Crippen MR) is 95.7 cm³/mol. The van der Waals surface area contributed by atoms with Crippen LogP contribution in [0, 0.1) is 6.92 Å². The van der Waals surface area contributed by atoms with Gasteiger partial charge in [0.25, 0.3) is 0 Å². The molecule has 3 rings (SSSR count). The molecule has 116 valence electrons. The first-order chi connectivity index (χ1) is 11.0. The van der Waals surface area contributed by atoms with E-state index in [4.69, 9.17) is 11.6 Å². The maximum absolute atomic E-state index is 11.7. The van der Waals surface area contributed by atoms with E-state index in [1.54, 1.807) is 23.9 Å². The van der Waals surface area contributed by atoms with Crippen LogP contribution in [0.4, 0.5) is 0 Å². The van der Waals surface area contributed by atoms with Gasteiger partial charge < -0.3 is 5.11 Å². The van der Waals surface area contributed by atoms with E-state index in [9.17, 15) is 9.90 Å². The summed E-state index contributed by atoms with van der Waals surface area (Å²) in [6, 6.07) is 13.0. The van der Waals surface area contributed by atoms with Crippen LogP contribution in [0.15, 0.2) is 47.4 Å². The van der Waals surface area contributed by atoms with Crippen molar-refractivity contribution in [2.24, 2.45) is 0 Å². The molecule has 0 saturated carbocycles. The zero-order valence-corrected chi connectivity index (χ0v) is 14.2. The van der Waals surface area contributed by atoms with Crippen molar-refractivity contribution in [2.45, 2.75) is 11.8 Å². The van der Waals surface area contributed by atoms with Crippen LogP contribution in [0.1, 0.15) is 15.9 Å². The maximum atomic E-state index is 11.7. The standard InChI is InChI=1S/C18H14ClNO2S/c1-10-3-8-14(19)16-13(18(21)22)9-15(20-17(10)16)11-4-6-12(23-2)7-5-11/h3-9H,1-2H3,(H,21,22). The molecule has 0 saturated heterocycles. The lowest BCUT2D eigenvalue weighted by Crippen LogP contribution is -2.01. The highest BCUT2D eigenvalue weighted by Gasteiger charge is 2.16. The minimum Gasteiger partial charge on any atom is -0.478 e. The number of rotatable bonds is 3. The maximum Gasteiger partial charge on any atom is 0.336 e. The van der Waals surface area contributed by atoms with Gasteiger partial charge in [-0.3, -0.25) is 0 Å². The first kappa shape index (κ1) is 15.8. The molecule has 0 amide bonds. The Morgan fingerprint density at radius 1 is 1.17 bits per heavy atom. The number of hydrogen-bond acceptors (Lipinski definition) is 3. The lowest BCUT2D eigenvalue weighted by Gasteiger charge is -2.11. The lowest BCUT2D eigenvalue weighted by molar-refractivity contribution is 0.0699. The van der Waals surface area contributed by atoms with Crippen molar-refractivity contribution in [2.75, 3.05) is 6.26 Å². The van der Waals surface area contributed by atoms with Gasteiger partial charge in [0.1, 0.15) is 0 Å².